The fourth-order valence-corrected chi connectivity index (χ4v) is 1.98. The molecule has 0 saturated carbocycles. The summed E-state index contributed by atoms with van der Waals surface area (Å²) in [4.78, 5) is 1.48. The minimum atomic E-state index is -0.619. The van der Waals surface area contributed by atoms with Crippen LogP contribution in [0.1, 0.15) is 17.1 Å². The Morgan fingerprint density at radius 1 is 1.21 bits per heavy atom. The molecule has 2 N–H and O–H groups in total. The molecule has 19 heavy (non-hydrogen) atoms. The second-order valence-corrected chi connectivity index (χ2v) is 4.48. The summed E-state index contributed by atoms with van der Waals surface area (Å²) >= 11 is 0. The maximum Gasteiger partial charge on any atom is 0.149 e. The number of nitrogens with two attached hydrogens (primary N) is 1. The first-order valence-electron chi connectivity index (χ1n) is 5.95. The Balaban J connectivity index is 2.26. The van der Waals surface area contributed by atoms with Crippen molar-refractivity contribution in [1.29, 1.82) is 0 Å². The highest BCUT2D eigenvalue weighted by Gasteiger charge is 2.16. The number of nitrogens with zero attached hydrogens (tertiary/aromatic N) is 1. The van der Waals surface area contributed by atoms with Gasteiger partial charge in [0.2, 0.25) is 0 Å². The molecule has 0 unspecified atom stereocenters. The van der Waals surface area contributed by atoms with Crippen molar-refractivity contribution in [1.82, 2.24) is 0 Å². The molecule has 0 bridgehead atoms. The Labute approximate surface area is 110 Å². The fourth-order valence-electron chi connectivity index (χ4n) is 1.98. The van der Waals surface area contributed by atoms with Gasteiger partial charge in [-0.3, -0.25) is 0 Å². The lowest BCUT2D eigenvalue weighted by molar-refractivity contribution is 0.478. The van der Waals surface area contributed by atoms with Crippen LogP contribution in [0.5, 0.6) is 0 Å². The fraction of sp³-hybridized carbons (Fsp3) is 0.286. The van der Waals surface area contributed by atoms with Gasteiger partial charge in [-0.1, -0.05) is 0 Å². The molecule has 2 rings (SSSR count). The molecule has 1 aromatic carbocycles. The van der Waals surface area contributed by atoms with Crippen LogP contribution in [0.15, 0.2) is 28.7 Å². The van der Waals surface area contributed by atoms with Crippen molar-refractivity contribution >= 4 is 5.69 Å². The van der Waals surface area contributed by atoms with Crippen molar-refractivity contribution in [3.05, 3.63) is 53.0 Å². The van der Waals surface area contributed by atoms with Crippen molar-refractivity contribution in [3.8, 4) is 0 Å². The molecule has 1 heterocycles. The van der Waals surface area contributed by atoms with Crippen LogP contribution in [0, 0.1) is 18.6 Å². The van der Waals surface area contributed by atoms with E-state index in [2.05, 4.69) is 0 Å². The highest BCUT2D eigenvalue weighted by atomic mass is 19.1. The molecule has 102 valence electrons. The third-order valence-corrected chi connectivity index (χ3v) is 2.88. The van der Waals surface area contributed by atoms with Crippen LogP contribution in [0.4, 0.5) is 14.5 Å². The molecule has 0 radical (unpaired) electrons. The number of benzene rings is 1. The number of furan rings is 1. The number of anilines is 1. The normalized spacial score (nSPS) is 10.8. The first-order valence-corrected chi connectivity index (χ1v) is 5.95. The minimum Gasteiger partial charge on any atom is -0.464 e. The van der Waals surface area contributed by atoms with E-state index >= 15 is 0 Å². The van der Waals surface area contributed by atoms with Crippen LogP contribution in [0.2, 0.25) is 0 Å². The van der Waals surface area contributed by atoms with Crippen LogP contribution in [-0.2, 0) is 13.1 Å². The molecule has 0 aliphatic heterocycles. The van der Waals surface area contributed by atoms with E-state index in [9.17, 15) is 8.78 Å². The molecule has 3 nitrogen and oxygen atoms in total. The molecule has 0 amide bonds. The van der Waals surface area contributed by atoms with Crippen LogP contribution in [0.25, 0.3) is 0 Å². The van der Waals surface area contributed by atoms with E-state index in [1.165, 1.54) is 17.0 Å². The Morgan fingerprint density at radius 3 is 2.32 bits per heavy atom. The van der Waals surface area contributed by atoms with E-state index in [1.807, 2.05) is 13.0 Å². The summed E-state index contributed by atoms with van der Waals surface area (Å²) in [6.45, 7) is 2.22. The molecule has 0 spiro atoms. The van der Waals surface area contributed by atoms with Gasteiger partial charge in [-0.25, -0.2) is 8.78 Å². The molecule has 0 saturated heterocycles. The van der Waals surface area contributed by atoms with Crippen molar-refractivity contribution < 1.29 is 13.2 Å². The summed E-state index contributed by atoms with van der Waals surface area (Å²) in [6.07, 6.45) is 0. The van der Waals surface area contributed by atoms with Crippen molar-refractivity contribution in [2.75, 3.05) is 11.9 Å². The van der Waals surface area contributed by atoms with E-state index in [0.717, 1.165) is 5.76 Å². The monoisotopic (exact) mass is 266 g/mol. The van der Waals surface area contributed by atoms with Gasteiger partial charge >= 0.3 is 0 Å². The Kier molecular flexibility index (Phi) is 3.85. The molecule has 5 heteroatoms. The summed E-state index contributed by atoms with van der Waals surface area (Å²) in [5.74, 6) is 0.182. The first-order chi connectivity index (χ1) is 9.01. The van der Waals surface area contributed by atoms with E-state index < -0.39 is 11.6 Å². The first kappa shape index (κ1) is 13.5. The largest absolute Gasteiger partial charge is 0.464 e. The molecule has 0 atom stereocenters. The van der Waals surface area contributed by atoms with E-state index in [0.29, 0.717) is 17.9 Å². The van der Waals surface area contributed by atoms with Crippen LogP contribution in [0.3, 0.4) is 0 Å². The average Bonchev–Trinajstić information content (AvgIpc) is 2.73. The zero-order valence-corrected chi connectivity index (χ0v) is 10.9. The number of aryl methyl sites for hydroxylation is 1. The lowest BCUT2D eigenvalue weighted by Crippen LogP contribution is -2.19. The highest BCUT2D eigenvalue weighted by Crippen LogP contribution is 2.25. The van der Waals surface area contributed by atoms with Gasteiger partial charge in [0.1, 0.15) is 28.8 Å². The van der Waals surface area contributed by atoms with Gasteiger partial charge < -0.3 is 15.1 Å². The highest BCUT2D eigenvalue weighted by molar-refractivity contribution is 5.50. The summed E-state index contributed by atoms with van der Waals surface area (Å²) < 4.78 is 33.2. The third kappa shape index (κ3) is 2.93. The van der Waals surface area contributed by atoms with Crippen molar-refractivity contribution in [2.45, 2.75) is 20.0 Å². The zero-order valence-electron chi connectivity index (χ0n) is 10.9. The maximum atomic E-state index is 13.9. The SMILES string of the molecule is Cc1ccc(CN(C)c2c(F)cc(CN)cc2F)o1. The lowest BCUT2D eigenvalue weighted by atomic mass is 10.1. The van der Waals surface area contributed by atoms with Gasteiger partial charge in [0.05, 0.1) is 6.54 Å². The molecule has 1 aromatic heterocycles. The van der Waals surface area contributed by atoms with Gasteiger partial charge in [-0.05, 0) is 36.8 Å². The molecule has 0 fully saturated rings. The second-order valence-electron chi connectivity index (χ2n) is 4.48. The standard InChI is InChI=1S/C14H16F2N2O/c1-9-3-4-11(19-9)8-18(2)14-12(15)5-10(7-17)6-13(14)16/h3-6H,7-8,17H2,1-2H3. The quantitative estimate of drug-likeness (QED) is 0.925. The summed E-state index contributed by atoms with van der Waals surface area (Å²) in [6, 6.07) is 6.11. The zero-order chi connectivity index (χ0) is 14.0. The van der Waals surface area contributed by atoms with Crippen molar-refractivity contribution in [3.63, 3.8) is 0 Å². The number of hydrogen-bond donors (Lipinski definition) is 1. The third-order valence-electron chi connectivity index (χ3n) is 2.88. The van der Waals surface area contributed by atoms with Gasteiger partial charge in [0.25, 0.3) is 0 Å². The molecular weight excluding hydrogens is 250 g/mol. The Morgan fingerprint density at radius 2 is 1.84 bits per heavy atom. The molecule has 0 aliphatic rings. The van der Waals surface area contributed by atoms with Gasteiger partial charge in [0, 0.05) is 13.6 Å². The van der Waals surface area contributed by atoms with Crippen LogP contribution < -0.4 is 10.6 Å². The minimum absolute atomic E-state index is 0.0775. The van der Waals surface area contributed by atoms with E-state index in [1.54, 1.807) is 13.1 Å². The van der Waals surface area contributed by atoms with Gasteiger partial charge in [0.15, 0.2) is 0 Å². The summed E-state index contributed by atoms with van der Waals surface area (Å²) in [5, 5.41) is 0. The predicted octanol–water partition coefficient (Wildman–Crippen LogP) is 2.96. The number of hydrogen-bond acceptors (Lipinski definition) is 3. The second kappa shape index (κ2) is 5.40. The molecule has 0 aliphatic carbocycles. The Hall–Kier alpha value is -1.88. The predicted molar refractivity (Wildman–Crippen MR) is 69.8 cm³/mol. The smallest absolute Gasteiger partial charge is 0.149 e. The Bertz CT molecular complexity index is 558. The topological polar surface area (TPSA) is 42.4 Å². The van der Waals surface area contributed by atoms with Crippen LogP contribution >= 0.6 is 0 Å². The average molecular weight is 266 g/mol. The van der Waals surface area contributed by atoms with E-state index in [-0.39, 0.29) is 12.2 Å². The lowest BCUT2D eigenvalue weighted by Gasteiger charge is -2.20. The molecular formula is C14H16F2N2O. The number of halogens is 2. The van der Waals surface area contributed by atoms with Crippen LogP contribution in [-0.4, -0.2) is 7.05 Å². The van der Waals surface area contributed by atoms with Crippen molar-refractivity contribution in [2.24, 2.45) is 5.73 Å². The number of rotatable bonds is 4. The molecule has 2 aromatic rings. The summed E-state index contributed by atoms with van der Waals surface area (Å²) in [5.41, 5.74) is 5.73. The maximum absolute atomic E-state index is 13.9. The van der Waals surface area contributed by atoms with Gasteiger partial charge in [-0.15, -0.1) is 0 Å². The van der Waals surface area contributed by atoms with Gasteiger partial charge in [-0.2, -0.15) is 0 Å². The van der Waals surface area contributed by atoms with E-state index in [4.69, 9.17) is 10.2 Å². The summed E-state index contributed by atoms with van der Waals surface area (Å²) in [7, 11) is 1.61.